The van der Waals surface area contributed by atoms with Crippen molar-refractivity contribution in [3.8, 4) is 0 Å². The van der Waals surface area contributed by atoms with Crippen LogP contribution in [0.4, 0.5) is 4.39 Å². The molecule has 0 bridgehead atoms. The van der Waals surface area contributed by atoms with Crippen LogP contribution in [0, 0.1) is 5.82 Å². The second-order valence-electron chi connectivity index (χ2n) is 4.78. The Morgan fingerprint density at radius 1 is 1.38 bits per heavy atom. The van der Waals surface area contributed by atoms with Gasteiger partial charge < -0.3 is 15.2 Å². The molecule has 1 aromatic rings. The molecule has 0 spiro atoms. The molecule has 0 fully saturated rings. The molecule has 0 aliphatic rings. The van der Waals surface area contributed by atoms with Crippen LogP contribution >= 0.6 is 0 Å². The van der Waals surface area contributed by atoms with Crippen molar-refractivity contribution in [3.63, 3.8) is 0 Å². The van der Waals surface area contributed by atoms with Crippen molar-refractivity contribution in [2.24, 2.45) is 0 Å². The van der Waals surface area contributed by atoms with Gasteiger partial charge >= 0.3 is 5.97 Å². The van der Waals surface area contributed by atoms with Gasteiger partial charge in [0.1, 0.15) is 5.82 Å². The molecule has 1 rings (SSSR count). The molecule has 1 atom stereocenters. The summed E-state index contributed by atoms with van der Waals surface area (Å²) in [5.41, 5.74) is -0.711. The van der Waals surface area contributed by atoms with Crippen molar-refractivity contribution >= 4 is 18.0 Å². The summed E-state index contributed by atoms with van der Waals surface area (Å²) < 4.78 is 17.5. The fraction of sp³-hybridized carbons (Fsp3) is 0.333. The fourth-order valence-corrected chi connectivity index (χ4v) is 1.67. The topological polar surface area (TPSA) is 75.6 Å². The second kappa shape index (κ2) is 7.54. The number of nitrogens with one attached hydrogen (secondary N) is 1. The lowest BCUT2D eigenvalue weighted by Gasteiger charge is -2.24. The normalized spacial score (nSPS) is 13.9. The van der Waals surface area contributed by atoms with Crippen LogP contribution in [-0.2, 0) is 14.3 Å². The summed E-state index contributed by atoms with van der Waals surface area (Å²) in [4.78, 5) is 22.9. The van der Waals surface area contributed by atoms with E-state index in [1.807, 2.05) is 0 Å². The molecule has 1 amide bonds. The lowest BCUT2D eigenvalue weighted by Crippen LogP contribution is -2.55. The lowest BCUT2D eigenvalue weighted by molar-refractivity contribution is -0.149. The van der Waals surface area contributed by atoms with Gasteiger partial charge in [-0.25, -0.2) is 9.18 Å². The number of hydrogen-bond acceptors (Lipinski definition) is 3. The first-order chi connectivity index (χ1) is 9.87. The Morgan fingerprint density at radius 2 is 2.00 bits per heavy atom. The van der Waals surface area contributed by atoms with Gasteiger partial charge in [0.05, 0.1) is 6.61 Å². The Morgan fingerprint density at radius 3 is 2.52 bits per heavy atom. The number of halogens is 1. The quantitative estimate of drug-likeness (QED) is 0.804. The van der Waals surface area contributed by atoms with Crippen molar-refractivity contribution in [2.75, 3.05) is 13.7 Å². The molecule has 0 radical (unpaired) electrons. The maximum absolute atomic E-state index is 12.7. The van der Waals surface area contributed by atoms with E-state index >= 15 is 0 Å². The minimum absolute atomic E-state index is 0.0178. The van der Waals surface area contributed by atoms with E-state index in [-0.39, 0.29) is 18.8 Å². The molecule has 1 unspecified atom stereocenters. The van der Waals surface area contributed by atoms with E-state index in [2.05, 4.69) is 5.32 Å². The Bertz CT molecular complexity index is 527. The van der Waals surface area contributed by atoms with Crippen LogP contribution in [0.5, 0.6) is 0 Å². The number of hydrogen-bond donors (Lipinski definition) is 2. The van der Waals surface area contributed by atoms with Gasteiger partial charge in [-0.1, -0.05) is 24.3 Å². The van der Waals surface area contributed by atoms with Gasteiger partial charge in [0.25, 0.3) is 0 Å². The van der Waals surface area contributed by atoms with E-state index in [4.69, 9.17) is 9.84 Å². The molecule has 0 heterocycles. The second-order valence-corrected chi connectivity index (χ2v) is 4.78. The average molecular weight is 295 g/mol. The number of carboxylic acids is 1. The molecule has 0 aromatic heterocycles. The van der Waals surface area contributed by atoms with Gasteiger partial charge in [0, 0.05) is 13.5 Å². The minimum atomic E-state index is -1.46. The van der Waals surface area contributed by atoms with Gasteiger partial charge in [-0.3, -0.25) is 4.79 Å². The zero-order valence-electron chi connectivity index (χ0n) is 11.9. The van der Waals surface area contributed by atoms with Crippen LogP contribution in [-0.4, -0.2) is 36.2 Å². The highest BCUT2D eigenvalue weighted by Gasteiger charge is 2.34. The Labute approximate surface area is 122 Å². The highest BCUT2D eigenvalue weighted by Crippen LogP contribution is 2.07. The van der Waals surface area contributed by atoms with Crippen molar-refractivity contribution in [3.05, 3.63) is 41.7 Å². The smallest absolute Gasteiger partial charge is 0.331 e. The van der Waals surface area contributed by atoms with Gasteiger partial charge in [-0.05, 0) is 24.6 Å². The van der Waals surface area contributed by atoms with Crippen LogP contribution in [0.2, 0.25) is 0 Å². The standard InChI is InChI=1S/C15H18FNO4/c1-15(10-21-2,14(19)20)17-13(18)5-3-4-11-6-8-12(16)9-7-11/h3-4,6-9H,5,10H2,1-2H3,(H,17,18)(H,19,20)/b4-3+. The molecule has 0 aliphatic heterocycles. The highest BCUT2D eigenvalue weighted by molar-refractivity contribution is 5.87. The van der Waals surface area contributed by atoms with Gasteiger partial charge in [0.2, 0.25) is 5.91 Å². The molecule has 0 saturated carbocycles. The van der Waals surface area contributed by atoms with Crippen molar-refractivity contribution in [1.82, 2.24) is 5.32 Å². The number of benzene rings is 1. The Hall–Kier alpha value is -2.21. The summed E-state index contributed by atoms with van der Waals surface area (Å²) in [5, 5.41) is 11.5. The first-order valence-corrected chi connectivity index (χ1v) is 6.33. The molecule has 5 nitrogen and oxygen atoms in total. The number of carbonyl (C=O) groups is 2. The predicted molar refractivity (Wildman–Crippen MR) is 76.1 cm³/mol. The summed E-state index contributed by atoms with van der Waals surface area (Å²) in [7, 11) is 1.36. The Kier molecular flexibility index (Phi) is 6.05. The van der Waals surface area contributed by atoms with Crippen LogP contribution < -0.4 is 5.32 Å². The maximum atomic E-state index is 12.7. The number of amides is 1. The molecule has 2 N–H and O–H groups in total. The number of carboxylic acid groups (broad SMARTS) is 1. The third-order valence-electron chi connectivity index (χ3n) is 2.80. The summed E-state index contributed by atoms with van der Waals surface area (Å²) in [6, 6.07) is 5.80. The Balaban J connectivity index is 2.57. The predicted octanol–water partition coefficient (Wildman–Crippen LogP) is 1.83. The molecular formula is C15H18FNO4. The largest absolute Gasteiger partial charge is 0.479 e. The number of aliphatic carboxylic acids is 1. The third kappa shape index (κ3) is 5.35. The number of rotatable bonds is 7. The maximum Gasteiger partial charge on any atom is 0.331 e. The number of ether oxygens (including phenoxy) is 1. The van der Waals surface area contributed by atoms with Crippen LogP contribution in [0.3, 0.4) is 0 Å². The molecule has 114 valence electrons. The first kappa shape index (κ1) is 16.8. The van der Waals surface area contributed by atoms with E-state index in [0.717, 1.165) is 5.56 Å². The van der Waals surface area contributed by atoms with Crippen LogP contribution in [0.15, 0.2) is 30.3 Å². The van der Waals surface area contributed by atoms with Gasteiger partial charge in [0.15, 0.2) is 5.54 Å². The molecule has 0 aliphatic carbocycles. The van der Waals surface area contributed by atoms with Crippen molar-refractivity contribution in [1.29, 1.82) is 0 Å². The zero-order chi connectivity index (χ0) is 15.9. The molecular weight excluding hydrogens is 277 g/mol. The number of methoxy groups -OCH3 is 1. The minimum Gasteiger partial charge on any atom is -0.479 e. The summed E-state index contributed by atoms with van der Waals surface area (Å²) in [6.45, 7) is 1.25. The van der Waals surface area contributed by atoms with E-state index in [1.165, 1.54) is 26.2 Å². The summed E-state index contributed by atoms with van der Waals surface area (Å²) in [6.07, 6.45) is 3.26. The monoisotopic (exact) mass is 295 g/mol. The van der Waals surface area contributed by atoms with Gasteiger partial charge in [-0.2, -0.15) is 0 Å². The van der Waals surface area contributed by atoms with Crippen LogP contribution in [0.1, 0.15) is 18.9 Å². The third-order valence-corrected chi connectivity index (χ3v) is 2.80. The van der Waals surface area contributed by atoms with Crippen LogP contribution in [0.25, 0.3) is 6.08 Å². The SMILES string of the molecule is COCC(C)(NC(=O)C/C=C/c1ccc(F)cc1)C(=O)O. The number of carbonyl (C=O) groups excluding carboxylic acids is 1. The van der Waals surface area contributed by atoms with E-state index in [0.29, 0.717) is 0 Å². The molecule has 21 heavy (non-hydrogen) atoms. The van der Waals surface area contributed by atoms with Crippen molar-refractivity contribution in [2.45, 2.75) is 18.9 Å². The zero-order valence-corrected chi connectivity index (χ0v) is 11.9. The summed E-state index contributed by atoms with van der Waals surface area (Å²) in [5.74, 6) is -1.93. The van der Waals surface area contributed by atoms with Crippen molar-refractivity contribution < 1.29 is 23.8 Å². The molecule has 6 heteroatoms. The summed E-state index contributed by atoms with van der Waals surface area (Å²) >= 11 is 0. The van der Waals surface area contributed by atoms with E-state index in [9.17, 15) is 14.0 Å². The first-order valence-electron chi connectivity index (χ1n) is 6.33. The molecule has 0 saturated heterocycles. The average Bonchev–Trinajstić information content (AvgIpc) is 2.41. The van der Waals surface area contributed by atoms with E-state index < -0.39 is 17.4 Å². The molecule has 1 aromatic carbocycles. The lowest BCUT2D eigenvalue weighted by atomic mass is 10.0. The fourth-order valence-electron chi connectivity index (χ4n) is 1.67. The highest BCUT2D eigenvalue weighted by atomic mass is 19.1. The van der Waals surface area contributed by atoms with E-state index in [1.54, 1.807) is 24.3 Å². The van der Waals surface area contributed by atoms with Gasteiger partial charge in [-0.15, -0.1) is 0 Å².